The van der Waals surface area contributed by atoms with E-state index in [1.807, 2.05) is 0 Å². The highest BCUT2D eigenvalue weighted by Crippen LogP contribution is 2.28. The van der Waals surface area contributed by atoms with E-state index < -0.39 is 5.82 Å². The summed E-state index contributed by atoms with van der Waals surface area (Å²) < 4.78 is 18.9. The van der Waals surface area contributed by atoms with Gasteiger partial charge in [0, 0.05) is 12.3 Å². The molecule has 0 radical (unpaired) electrons. The minimum atomic E-state index is -0.413. The first-order valence-electron chi connectivity index (χ1n) is 5.90. The van der Waals surface area contributed by atoms with Gasteiger partial charge in [-0.05, 0) is 37.1 Å². The number of aryl methyl sites for hydroxylation is 2. The number of ether oxygens (including phenoxy) is 1. The Morgan fingerprint density at radius 1 is 1.30 bits per heavy atom. The molecule has 2 aromatic rings. The Bertz CT molecular complexity index is 671. The standard InChI is InChI=1S/C14H14FN3O2/c1-8-3-4-10(15)7-11(8)20-14-12(13(16)18-19)9(2)5-6-17-14/h3-7,19H,1-2H3,(H2,16,18). The molecule has 0 fully saturated rings. The summed E-state index contributed by atoms with van der Waals surface area (Å²) in [4.78, 5) is 4.06. The Morgan fingerprint density at radius 3 is 2.75 bits per heavy atom. The molecular weight excluding hydrogens is 261 g/mol. The summed E-state index contributed by atoms with van der Waals surface area (Å²) in [5.74, 6) is -0.0349. The average molecular weight is 275 g/mol. The van der Waals surface area contributed by atoms with Gasteiger partial charge < -0.3 is 15.7 Å². The lowest BCUT2D eigenvalue weighted by molar-refractivity contribution is 0.318. The van der Waals surface area contributed by atoms with Crippen molar-refractivity contribution < 1.29 is 14.3 Å². The first-order chi connectivity index (χ1) is 9.52. The first kappa shape index (κ1) is 13.8. The number of hydrogen-bond acceptors (Lipinski definition) is 4. The molecule has 1 aromatic heterocycles. The van der Waals surface area contributed by atoms with E-state index in [-0.39, 0.29) is 11.7 Å². The number of hydrogen-bond donors (Lipinski definition) is 2. The number of nitrogens with two attached hydrogens (primary N) is 1. The topological polar surface area (TPSA) is 80.7 Å². The highest BCUT2D eigenvalue weighted by Gasteiger charge is 2.15. The van der Waals surface area contributed by atoms with Crippen LogP contribution in [0.4, 0.5) is 4.39 Å². The Kier molecular flexibility index (Phi) is 3.84. The molecule has 0 saturated heterocycles. The highest BCUT2D eigenvalue weighted by atomic mass is 19.1. The normalized spacial score (nSPS) is 11.4. The molecular formula is C14H14FN3O2. The monoisotopic (exact) mass is 275 g/mol. The summed E-state index contributed by atoms with van der Waals surface area (Å²) in [5, 5.41) is 11.8. The van der Waals surface area contributed by atoms with Crippen molar-refractivity contribution in [3.05, 3.63) is 53.0 Å². The van der Waals surface area contributed by atoms with Gasteiger partial charge in [-0.3, -0.25) is 0 Å². The number of rotatable bonds is 3. The minimum Gasteiger partial charge on any atom is -0.438 e. The first-order valence-corrected chi connectivity index (χ1v) is 5.90. The van der Waals surface area contributed by atoms with Gasteiger partial charge in [-0.25, -0.2) is 9.37 Å². The van der Waals surface area contributed by atoms with Crippen LogP contribution < -0.4 is 10.5 Å². The third kappa shape index (κ3) is 2.69. The van der Waals surface area contributed by atoms with Crippen molar-refractivity contribution in [2.45, 2.75) is 13.8 Å². The van der Waals surface area contributed by atoms with Crippen LogP contribution in [0.25, 0.3) is 0 Å². The van der Waals surface area contributed by atoms with E-state index in [1.165, 1.54) is 18.3 Å². The lowest BCUT2D eigenvalue weighted by Gasteiger charge is -2.12. The molecule has 0 amide bonds. The molecule has 0 bridgehead atoms. The Morgan fingerprint density at radius 2 is 2.05 bits per heavy atom. The van der Waals surface area contributed by atoms with Crippen LogP contribution in [0.2, 0.25) is 0 Å². The zero-order chi connectivity index (χ0) is 14.7. The van der Waals surface area contributed by atoms with Gasteiger partial charge in [-0.2, -0.15) is 0 Å². The van der Waals surface area contributed by atoms with Crippen LogP contribution in [0.5, 0.6) is 11.6 Å². The predicted molar refractivity (Wildman–Crippen MR) is 72.7 cm³/mol. The van der Waals surface area contributed by atoms with Crippen molar-refractivity contribution in [3.63, 3.8) is 0 Å². The van der Waals surface area contributed by atoms with E-state index in [1.54, 1.807) is 26.0 Å². The number of aromatic nitrogens is 1. The molecule has 2 rings (SSSR count). The third-order valence-corrected chi connectivity index (χ3v) is 2.85. The van der Waals surface area contributed by atoms with Crippen LogP contribution >= 0.6 is 0 Å². The van der Waals surface area contributed by atoms with Gasteiger partial charge in [0.25, 0.3) is 0 Å². The number of nitrogens with zero attached hydrogens (tertiary/aromatic N) is 2. The number of amidine groups is 1. The van der Waals surface area contributed by atoms with Crippen molar-refractivity contribution in [2.24, 2.45) is 10.9 Å². The Hall–Kier alpha value is -2.63. The fourth-order valence-corrected chi connectivity index (χ4v) is 1.76. The summed E-state index contributed by atoms with van der Waals surface area (Å²) in [5.41, 5.74) is 7.48. The van der Waals surface area contributed by atoms with E-state index in [0.717, 1.165) is 11.1 Å². The van der Waals surface area contributed by atoms with Crippen molar-refractivity contribution in [3.8, 4) is 11.6 Å². The molecule has 0 atom stereocenters. The van der Waals surface area contributed by atoms with Gasteiger partial charge in [0.1, 0.15) is 11.6 Å². The zero-order valence-corrected chi connectivity index (χ0v) is 11.1. The van der Waals surface area contributed by atoms with Gasteiger partial charge in [-0.15, -0.1) is 0 Å². The number of oxime groups is 1. The fourth-order valence-electron chi connectivity index (χ4n) is 1.76. The zero-order valence-electron chi connectivity index (χ0n) is 11.1. The molecule has 0 aliphatic rings. The maximum absolute atomic E-state index is 13.3. The highest BCUT2D eigenvalue weighted by molar-refractivity contribution is 6.00. The number of pyridine rings is 1. The summed E-state index contributed by atoms with van der Waals surface area (Å²) in [6, 6.07) is 5.91. The lowest BCUT2D eigenvalue weighted by atomic mass is 10.1. The van der Waals surface area contributed by atoms with Gasteiger partial charge >= 0.3 is 0 Å². The van der Waals surface area contributed by atoms with Gasteiger partial charge in [0.05, 0.1) is 5.56 Å². The maximum atomic E-state index is 13.3. The summed E-state index contributed by atoms with van der Waals surface area (Å²) in [6.45, 7) is 3.56. The second kappa shape index (κ2) is 5.56. The molecule has 20 heavy (non-hydrogen) atoms. The molecule has 0 unspecified atom stereocenters. The van der Waals surface area contributed by atoms with E-state index in [2.05, 4.69) is 10.1 Å². The van der Waals surface area contributed by atoms with Crippen molar-refractivity contribution >= 4 is 5.84 Å². The fraction of sp³-hybridized carbons (Fsp3) is 0.143. The van der Waals surface area contributed by atoms with E-state index in [4.69, 9.17) is 15.7 Å². The molecule has 1 aromatic carbocycles. The molecule has 104 valence electrons. The lowest BCUT2D eigenvalue weighted by Crippen LogP contribution is -2.16. The van der Waals surface area contributed by atoms with Crippen molar-refractivity contribution in [1.29, 1.82) is 0 Å². The second-order valence-electron chi connectivity index (χ2n) is 4.31. The van der Waals surface area contributed by atoms with E-state index in [9.17, 15) is 4.39 Å². The molecule has 0 saturated carbocycles. The van der Waals surface area contributed by atoms with Crippen LogP contribution in [0.15, 0.2) is 35.6 Å². The van der Waals surface area contributed by atoms with Crippen LogP contribution in [0.1, 0.15) is 16.7 Å². The molecule has 6 heteroatoms. The van der Waals surface area contributed by atoms with Crippen LogP contribution in [0, 0.1) is 19.7 Å². The molecule has 5 nitrogen and oxygen atoms in total. The maximum Gasteiger partial charge on any atom is 0.230 e. The Balaban J connectivity index is 2.49. The molecule has 0 spiro atoms. The largest absolute Gasteiger partial charge is 0.438 e. The SMILES string of the molecule is Cc1ccc(F)cc1Oc1nccc(C)c1/C(N)=N/O. The van der Waals surface area contributed by atoms with Gasteiger partial charge in [0.2, 0.25) is 5.88 Å². The number of benzene rings is 1. The van der Waals surface area contributed by atoms with E-state index >= 15 is 0 Å². The van der Waals surface area contributed by atoms with Crippen molar-refractivity contribution in [2.75, 3.05) is 0 Å². The summed E-state index contributed by atoms with van der Waals surface area (Å²) >= 11 is 0. The smallest absolute Gasteiger partial charge is 0.230 e. The third-order valence-electron chi connectivity index (χ3n) is 2.85. The predicted octanol–water partition coefficient (Wildman–Crippen LogP) is 2.72. The Labute approximate surface area is 115 Å². The van der Waals surface area contributed by atoms with Crippen LogP contribution in [-0.2, 0) is 0 Å². The summed E-state index contributed by atoms with van der Waals surface area (Å²) in [7, 11) is 0. The second-order valence-corrected chi connectivity index (χ2v) is 4.31. The number of halogens is 1. The quantitative estimate of drug-likeness (QED) is 0.390. The molecule has 0 aliphatic carbocycles. The van der Waals surface area contributed by atoms with Crippen molar-refractivity contribution in [1.82, 2.24) is 4.98 Å². The molecule has 1 heterocycles. The van der Waals surface area contributed by atoms with Crippen LogP contribution in [-0.4, -0.2) is 16.0 Å². The van der Waals surface area contributed by atoms with E-state index in [0.29, 0.717) is 11.3 Å². The van der Waals surface area contributed by atoms with Gasteiger partial charge in [-0.1, -0.05) is 11.2 Å². The molecule has 3 N–H and O–H groups in total. The minimum absolute atomic E-state index is 0.111. The average Bonchev–Trinajstić information content (AvgIpc) is 2.42. The molecule has 0 aliphatic heterocycles. The van der Waals surface area contributed by atoms with Gasteiger partial charge in [0.15, 0.2) is 5.84 Å². The summed E-state index contributed by atoms with van der Waals surface area (Å²) in [6.07, 6.45) is 1.54. The van der Waals surface area contributed by atoms with Crippen LogP contribution in [0.3, 0.4) is 0 Å².